The van der Waals surface area contributed by atoms with Gasteiger partial charge in [-0.3, -0.25) is 0 Å². The van der Waals surface area contributed by atoms with Crippen LogP contribution in [0, 0.1) is 0 Å². The summed E-state index contributed by atoms with van der Waals surface area (Å²) in [4.78, 5) is 0. The number of hydrogen-bond acceptors (Lipinski definition) is 0. The van der Waals surface area contributed by atoms with E-state index in [9.17, 15) is 0 Å². The molecule has 0 saturated heterocycles. The van der Waals surface area contributed by atoms with Crippen LogP contribution < -0.4 is 0 Å². The molecule has 17 heavy (non-hydrogen) atoms. The van der Waals surface area contributed by atoms with E-state index in [4.69, 9.17) is 0 Å². The molecular formula is C13H33GeSi3. The standard InChI is InChI=1S/C13H33GeSi3/c1-12(2,3)16(8,9)15(14-7)17(10,11)13(4,5)6/h1-11H3. The van der Waals surface area contributed by atoms with Gasteiger partial charge in [-0.2, -0.15) is 0 Å². The van der Waals surface area contributed by atoms with Gasteiger partial charge < -0.3 is 0 Å². The summed E-state index contributed by atoms with van der Waals surface area (Å²) >= 11 is 0.315. The van der Waals surface area contributed by atoms with Gasteiger partial charge in [0.1, 0.15) is 0 Å². The van der Waals surface area contributed by atoms with Crippen molar-refractivity contribution in [2.45, 2.75) is 83.6 Å². The molecule has 0 aliphatic heterocycles. The van der Waals surface area contributed by atoms with Crippen molar-refractivity contribution < 1.29 is 0 Å². The van der Waals surface area contributed by atoms with Crippen molar-refractivity contribution >= 4 is 35.4 Å². The Balaban J connectivity index is 5.72. The van der Waals surface area contributed by atoms with E-state index in [-0.39, 0.29) is 5.89 Å². The summed E-state index contributed by atoms with van der Waals surface area (Å²) < 4.78 is 0. The quantitative estimate of drug-likeness (QED) is 0.624. The van der Waals surface area contributed by atoms with E-state index in [1.54, 1.807) is 0 Å². The molecule has 0 amide bonds. The van der Waals surface area contributed by atoms with Crippen molar-refractivity contribution in [1.82, 2.24) is 0 Å². The molecule has 0 atom stereocenters. The van der Waals surface area contributed by atoms with Gasteiger partial charge in [0.2, 0.25) is 0 Å². The van der Waals surface area contributed by atoms with Crippen LogP contribution >= 0.6 is 0 Å². The third kappa shape index (κ3) is 3.60. The van der Waals surface area contributed by atoms with E-state index in [0.29, 0.717) is 24.4 Å². The van der Waals surface area contributed by atoms with Gasteiger partial charge in [0.15, 0.2) is 0 Å². The van der Waals surface area contributed by atoms with Gasteiger partial charge in [0, 0.05) is 0 Å². The molecule has 0 unspecified atom stereocenters. The minimum absolute atomic E-state index is 0.0484. The summed E-state index contributed by atoms with van der Waals surface area (Å²) in [6.45, 7) is 25.9. The van der Waals surface area contributed by atoms with Gasteiger partial charge in [0.25, 0.3) is 0 Å². The Kier molecular flexibility index (Phi) is 5.66. The predicted octanol–water partition coefficient (Wildman–Crippen LogP) is 4.90. The van der Waals surface area contributed by atoms with Gasteiger partial charge in [-0.05, 0) is 0 Å². The fraction of sp³-hybridized carbons (Fsp3) is 1.00. The van der Waals surface area contributed by atoms with Crippen LogP contribution in [0.15, 0.2) is 0 Å². The summed E-state index contributed by atoms with van der Waals surface area (Å²) in [5, 5.41) is 1.19. The molecule has 0 aliphatic carbocycles. The maximum atomic E-state index is 2.70. The fourth-order valence-corrected chi connectivity index (χ4v) is 78.0. The van der Waals surface area contributed by atoms with Gasteiger partial charge in [-0.15, -0.1) is 0 Å². The zero-order chi connectivity index (χ0) is 14.3. The van der Waals surface area contributed by atoms with Crippen LogP contribution in [-0.2, 0) is 0 Å². The van der Waals surface area contributed by atoms with Crippen molar-refractivity contribution in [3.63, 3.8) is 0 Å². The van der Waals surface area contributed by atoms with Crippen LogP contribution in [0.25, 0.3) is 0 Å². The molecular weight excluding hydrogens is 313 g/mol. The SMILES string of the molecule is [CH3][Ge]=[Si]([Si](C)(C)C(C)(C)C)[Si](C)(C)C(C)(C)C. The van der Waals surface area contributed by atoms with E-state index in [1.807, 2.05) is 0 Å². The first kappa shape index (κ1) is 18.2. The normalized spacial score (nSPS) is 14.8. The second kappa shape index (κ2) is 5.29. The van der Waals surface area contributed by atoms with Crippen LogP contribution in [0.3, 0.4) is 0 Å². The topological polar surface area (TPSA) is 0 Å². The van der Waals surface area contributed by atoms with Gasteiger partial charge in [0.05, 0.1) is 0 Å². The summed E-state index contributed by atoms with van der Waals surface area (Å²) in [5.41, 5.74) is 0. The van der Waals surface area contributed by atoms with Crippen LogP contribution in [0.4, 0.5) is 0 Å². The molecule has 0 nitrogen and oxygen atoms in total. The van der Waals surface area contributed by atoms with Crippen molar-refractivity contribution in [2.75, 3.05) is 0 Å². The van der Waals surface area contributed by atoms with E-state index in [2.05, 4.69) is 73.5 Å². The van der Waals surface area contributed by atoms with Gasteiger partial charge >= 0.3 is 119 Å². The molecule has 4 heteroatoms. The first-order valence-electron chi connectivity index (χ1n) is 6.75. The monoisotopic (exact) mass is 347 g/mol. The van der Waals surface area contributed by atoms with Crippen molar-refractivity contribution in [3.8, 4) is 0 Å². The van der Waals surface area contributed by atoms with Crippen LogP contribution in [-0.4, -0.2) is 35.4 Å². The number of hydrogen-bond donors (Lipinski definition) is 0. The van der Waals surface area contributed by atoms with Gasteiger partial charge in [-0.25, -0.2) is 0 Å². The van der Waals surface area contributed by atoms with E-state index in [1.165, 1.54) is 0 Å². The van der Waals surface area contributed by atoms with Gasteiger partial charge in [-0.1, -0.05) is 0 Å². The summed E-state index contributed by atoms with van der Waals surface area (Å²) in [7, 11) is -2.12. The molecule has 0 aliphatic rings. The molecule has 101 valence electrons. The van der Waals surface area contributed by atoms with Crippen LogP contribution in [0.1, 0.15) is 41.5 Å². The molecule has 0 spiro atoms. The molecule has 0 N–H and O–H groups in total. The molecule has 0 saturated carbocycles. The molecule has 0 bridgehead atoms. The summed E-state index contributed by atoms with van der Waals surface area (Å²) in [6.07, 6.45) is 0. The van der Waals surface area contributed by atoms with Crippen molar-refractivity contribution in [3.05, 3.63) is 0 Å². The molecule has 0 rings (SSSR count). The Morgan fingerprint density at radius 3 is 1.06 bits per heavy atom. The molecule has 0 aromatic rings. The maximum absolute atomic E-state index is 2.70. The Hall–Kier alpha value is 1.19. The van der Waals surface area contributed by atoms with Crippen molar-refractivity contribution in [1.29, 1.82) is 0 Å². The Morgan fingerprint density at radius 2 is 0.941 bits per heavy atom. The first-order chi connectivity index (χ1) is 7.19. The molecule has 0 heterocycles. The van der Waals surface area contributed by atoms with E-state index >= 15 is 0 Å². The average Bonchev–Trinajstić information content (AvgIpc) is 1.99. The zero-order valence-electron chi connectivity index (χ0n) is 14.0. The second-order valence-electron chi connectivity index (χ2n) is 8.38. The summed E-state index contributed by atoms with van der Waals surface area (Å²) in [6, 6.07) is 0. The second-order valence-corrected chi connectivity index (χ2v) is 43.7. The molecule has 0 aromatic heterocycles. The van der Waals surface area contributed by atoms with Crippen LogP contribution in [0.5, 0.6) is 0 Å². The predicted molar refractivity (Wildman–Crippen MR) is 91.8 cm³/mol. The van der Waals surface area contributed by atoms with Crippen molar-refractivity contribution in [2.24, 2.45) is 0 Å². The third-order valence-corrected chi connectivity index (χ3v) is 73.5. The Labute approximate surface area is 118 Å². The molecule has 0 fully saturated rings. The number of rotatable bonds is 2. The Morgan fingerprint density at radius 1 is 0.706 bits per heavy atom. The average molecular weight is 346 g/mol. The molecule has 0 aromatic carbocycles. The van der Waals surface area contributed by atoms with Crippen LogP contribution in [0.2, 0.25) is 42.0 Å². The van der Waals surface area contributed by atoms with E-state index in [0.717, 1.165) is 0 Å². The van der Waals surface area contributed by atoms with E-state index < -0.39 is 15.2 Å². The third-order valence-electron chi connectivity index (χ3n) is 5.25. The minimum atomic E-state index is -1.06. The Bertz CT molecular complexity index is 276. The summed E-state index contributed by atoms with van der Waals surface area (Å²) in [5.74, 6) is 2.54. The molecule has 1 radical (unpaired) electrons. The fourth-order valence-electron chi connectivity index (χ4n) is 2.16. The first-order valence-corrected chi connectivity index (χ1v) is 21.5. The zero-order valence-corrected chi connectivity index (χ0v) is 19.1.